The van der Waals surface area contributed by atoms with Crippen molar-refractivity contribution >= 4 is 12.0 Å². The number of aryl methyl sites for hydroxylation is 1. The fourth-order valence-corrected chi connectivity index (χ4v) is 2.93. The van der Waals surface area contributed by atoms with Gasteiger partial charge in [0.2, 0.25) is 11.8 Å². The Balaban J connectivity index is 1.76. The van der Waals surface area contributed by atoms with Crippen LogP contribution in [0.5, 0.6) is 0 Å². The van der Waals surface area contributed by atoms with Gasteiger partial charge >= 0.3 is 0 Å². The Kier molecular flexibility index (Phi) is 4.23. The monoisotopic (exact) mass is 315 g/mol. The number of halogens is 1. The highest BCUT2D eigenvalue weighted by molar-refractivity contribution is 5.92. The van der Waals surface area contributed by atoms with Crippen molar-refractivity contribution < 1.29 is 13.7 Å². The topological polar surface area (TPSA) is 68.0 Å². The molecule has 0 atom stereocenters. The summed E-state index contributed by atoms with van der Waals surface area (Å²) in [6.45, 7) is 1.72. The number of amides is 1. The Bertz CT molecular complexity index is 733. The molecule has 23 heavy (non-hydrogen) atoms. The summed E-state index contributed by atoms with van der Waals surface area (Å²) in [5.41, 5.74) is -0.215. The van der Waals surface area contributed by atoms with Gasteiger partial charge in [-0.1, -0.05) is 36.2 Å². The van der Waals surface area contributed by atoms with Gasteiger partial charge in [-0.15, -0.1) is 0 Å². The lowest BCUT2D eigenvalue weighted by molar-refractivity contribution is -0.118. The second-order valence-corrected chi connectivity index (χ2v) is 5.77. The summed E-state index contributed by atoms with van der Waals surface area (Å²) in [5, 5.41) is 6.95. The largest absolute Gasteiger partial charge is 0.340 e. The van der Waals surface area contributed by atoms with Crippen molar-refractivity contribution in [2.24, 2.45) is 0 Å². The summed E-state index contributed by atoms with van der Waals surface area (Å²) < 4.78 is 18.6. The molecule has 0 unspecified atom stereocenters. The van der Waals surface area contributed by atoms with Gasteiger partial charge in [0.05, 0.1) is 0 Å². The number of nitrogens with zero attached hydrogens (tertiary/aromatic N) is 2. The lowest BCUT2D eigenvalue weighted by Crippen LogP contribution is -2.44. The van der Waals surface area contributed by atoms with Crippen LogP contribution < -0.4 is 5.32 Å². The van der Waals surface area contributed by atoms with E-state index in [0.717, 1.165) is 25.7 Å². The number of aromatic nitrogens is 2. The first-order valence-electron chi connectivity index (χ1n) is 7.65. The molecular formula is C17H18FN3O2. The fraction of sp³-hybridized carbons (Fsp3) is 0.353. The summed E-state index contributed by atoms with van der Waals surface area (Å²) in [5.74, 6) is 0.334. The van der Waals surface area contributed by atoms with Crippen molar-refractivity contribution in [3.8, 4) is 0 Å². The Hall–Kier alpha value is -2.50. The zero-order valence-corrected chi connectivity index (χ0v) is 12.9. The lowest BCUT2D eigenvalue weighted by Gasteiger charge is -2.25. The van der Waals surface area contributed by atoms with Crippen molar-refractivity contribution in [2.45, 2.75) is 38.1 Å². The molecule has 1 fully saturated rings. The molecule has 1 aliphatic carbocycles. The molecule has 5 nitrogen and oxygen atoms in total. The number of hydrogen-bond acceptors (Lipinski definition) is 4. The van der Waals surface area contributed by atoms with Gasteiger partial charge in [0.25, 0.3) is 0 Å². The zero-order chi connectivity index (χ0) is 16.3. The molecule has 1 amide bonds. The smallest absolute Gasteiger partial charge is 0.244 e. The molecule has 0 bridgehead atoms. The molecule has 0 radical (unpaired) electrons. The molecule has 1 N–H and O–H groups in total. The molecule has 0 saturated heterocycles. The third kappa shape index (κ3) is 3.31. The molecule has 1 aromatic heterocycles. The summed E-state index contributed by atoms with van der Waals surface area (Å²) in [7, 11) is 0. The van der Waals surface area contributed by atoms with E-state index in [1.165, 1.54) is 18.2 Å². The number of rotatable bonds is 4. The predicted molar refractivity (Wildman–Crippen MR) is 82.8 cm³/mol. The molecule has 6 heteroatoms. The van der Waals surface area contributed by atoms with Crippen molar-refractivity contribution in [3.63, 3.8) is 0 Å². The van der Waals surface area contributed by atoms with Gasteiger partial charge in [-0.25, -0.2) is 4.39 Å². The van der Waals surface area contributed by atoms with E-state index in [-0.39, 0.29) is 11.7 Å². The van der Waals surface area contributed by atoms with E-state index in [2.05, 4.69) is 15.5 Å². The van der Waals surface area contributed by atoms with Gasteiger partial charge in [0.15, 0.2) is 5.82 Å². The first-order valence-corrected chi connectivity index (χ1v) is 7.65. The number of benzene rings is 1. The van der Waals surface area contributed by atoms with Crippen molar-refractivity contribution in [1.82, 2.24) is 15.5 Å². The Morgan fingerprint density at radius 1 is 1.35 bits per heavy atom. The predicted octanol–water partition coefficient (Wildman–Crippen LogP) is 3.12. The molecule has 1 aliphatic rings. The van der Waals surface area contributed by atoms with Crippen molar-refractivity contribution in [2.75, 3.05) is 0 Å². The summed E-state index contributed by atoms with van der Waals surface area (Å²) >= 11 is 0. The normalized spacial score (nSPS) is 16.8. The maximum Gasteiger partial charge on any atom is 0.244 e. The van der Waals surface area contributed by atoms with Gasteiger partial charge in [0.1, 0.15) is 11.4 Å². The molecule has 120 valence electrons. The van der Waals surface area contributed by atoms with Crippen LogP contribution in [0.3, 0.4) is 0 Å². The van der Waals surface area contributed by atoms with Crippen LogP contribution in [-0.4, -0.2) is 16.0 Å². The molecule has 1 aromatic carbocycles. The molecule has 1 saturated carbocycles. The van der Waals surface area contributed by atoms with Crippen LogP contribution in [0.1, 0.15) is 43.0 Å². The van der Waals surface area contributed by atoms with E-state index in [4.69, 9.17) is 4.52 Å². The number of nitrogens with one attached hydrogen (secondary N) is 1. The SMILES string of the molecule is Cc1nc(C2(NC(=O)/C=C/c3ccccc3F)CCCC2)no1. The van der Waals surface area contributed by atoms with Crippen LogP contribution in [0.15, 0.2) is 34.9 Å². The van der Waals surface area contributed by atoms with Crippen LogP contribution >= 0.6 is 0 Å². The van der Waals surface area contributed by atoms with Gasteiger partial charge in [-0.3, -0.25) is 4.79 Å². The third-order valence-electron chi connectivity index (χ3n) is 4.09. The van der Waals surface area contributed by atoms with Crippen LogP contribution in [-0.2, 0) is 10.3 Å². The minimum Gasteiger partial charge on any atom is -0.340 e. The summed E-state index contributed by atoms with van der Waals surface area (Å²) in [6.07, 6.45) is 6.33. The number of carbonyl (C=O) groups is 1. The van der Waals surface area contributed by atoms with Crippen LogP contribution in [0.4, 0.5) is 4.39 Å². The van der Waals surface area contributed by atoms with E-state index in [0.29, 0.717) is 17.3 Å². The average Bonchev–Trinajstić information content (AvgIpc) is 3.16. The second-order valence-electron chi connectivity index (χ2n) is 5.77. The first-order chi connectivity index (χ1) is 11.1. The molecule has 3 rings (SSSR count). The average molecular weight is 315 g/mol. The minimum absolute atomic E-state index is 0.294. The van der Waals surface area contributed by atoms with E-state index >= 15 is 0 Å². The summed E-state index contributed by atoms with van der Waals surface area (Å²) in [6, 6.07) is 6.31. The highest BCUT2D eigenvalue weighted by atomic mass is 19.1. The first kappa shape index (κ1) is 15.4. The van der Waals surface area contributed by atoms with Gasteiger partial charge in [-0.05, 0) is 25.0 Å². The van der Waals surface area contributed by atoms with Gasteiger partial charge in [0, 0.05) is 18.6 Å². The quantitative estimate of drug-likeness (QED) is 0.880. The molecular weight excluding hydrogens is 297 g/mol. The highest BCUT2D eigenvalue weighted by Gasteiger charge is 2.40. The maximum atomic E-state index is 13.6. The number of hydrogen-bond donors (Lipinski definition) is 1. The maximum absolute atomic E-state index is 13.6. The zero-order valence-electron chi connectivity index (χ0n) is 12.9. The van der Waals surface area contributed by atoms with Crippen LogP contribution in [0.25, 0.3) is 6.08 Å². The van der Waals surface area contributed by atoms with Crippen molar-refractivity contribution in [3.05, 3.63) is 53.4 Å². The fourth-order valence-electron chi connectivity index (χ4n) is 2.93. The van der Waals surface area contributed by atoms with E-state index in [1.54, 1.807) is 25.1 Å². The third-order valence-corrected chi connectivity index (χ3v) is 4.09. The van der Waals surface area contributed by atoms with Crippen LogP contribution in [0.2, 0.25) is 0 Å². The standard InChI is InChI=1S/C17H18FN3O2/c1-12-19-16(21-23-12)17(10-4-5-11-17)20-15(22)9-8-13-6-2-3-7-14(13)18/h2-3,6-9H,4-5,10-11H2,1H3,(H,20,22)/b9-8+. The molecule has 0 aliphatic heterocycles. The van der Waals surface area contributed by atoms with E-state index < -0.39 is 5.54 Å². The van der Waals surface area contributed by atoms with Crippen LogP contribution in [0, 0.1) is 12.7 Å². The van der Waals surface area contributed by atoms with Gasteiger partial charge < -0.3 is 9.84 Å². The molecule has 0 spiro atoms. The number of carbonyl (C=O) groups excluding carboxylic acids is 1. The van der Waals surface area contributed by atoms with Crippen molar-refractivity contribution in [1.29, 1.82) is 0 Å². The van der Waals surface area contributed by atoms with Gasteiger partial charge in [-0.2, -0.15) is 4.98 Å². The Morgan fingerprint density at radius 2 is 2.09 bits per heavy atom. The Morgan fingerprint density at radius 3 is 2.74 bits per heavy atom. The summed E-state index contributed by atoms with van der Waals surface area (Å²) in [4.78, 5) is 16.5. The Labute approximate surface area is 133 Å². The molecule has 1 heterocycles. The lowest BCUT2D eigenvalue weighted by atomic mass is 9.96. The van der Waals surface area contributed by atoms with E-state index in [1.807, 2.05) is 0 Å². The molecule has 2 aromatic rings. The van der Waals surface area contributed by atoms with E-state index in [9.17, 15) is 9.18 Å². The highest BCUT2D eigenvalue weighted by Crippen LogP contribution is 2.37. The second kappa shape index (κ2) is 6.32. The minimum atomic E-state index is -0.589.